The summed E-state index contributed by atoms with van der Waals surface area (Å²) in [5.41, 5.74) is 1.20. The molecule has 24 heavy (non-hydrogen) atoms. The summed E-state index contributed by atoms with van der Waals surface area (Å²) < 4.78 is 0. The minimum atomic E-state index is -0.132. The Balaban J connectivity index is 1.56. The van der Waals surface area contributed by atoms with Crippen LogP contribution in [0.2, 0.25) is 0 Å². The molecule has 0 bridgehead atoms. The molecule has 0 aromatic carbocycles. The smallest absolute Gasteiger partial charge is 0.318 e. The molecule has 7 nitrogen and oxygen atoms in total. The fourth-order valence-electron chi connectivity index (χ4n) is 3.67. The number of amides is 2. The van der Waals surface area contributed by atoms with E-state index in [1.165, 1.54) is 19.3 Å². The second-order valence-corrected chi connectivity index (χ2v) is 6.78. The standard InChI is InChI=1S/C17H27N5O2/c1-3-13(21-7-5-4-6-8-21)9-18-17(24)22-10-14-15(11-22)19-12(2)20-16(14)23/h13H,3-11H2,1-2H3,(H,18,24)(H,19,20,23)/t13-/m1/s1. The fourth-order valence-corrected chi connectivity index (χ4v) is 3.67. The van der Waals surface area contributed by atoms with Gasteiger partial charge in [0.25, 0.3) is 5.56 Å². The molecule has 1 aromatic rings. The highest BCUT2D eigenvalue weighted by molar-refractivity contribution is 5.74. The molecule has 2 aliphatic rings. The molecular weight excluding hydrogens is 306 g/mol. The van der Waals surface area contributed by atoms with Crippen LogP contribution in [0.3, 0.4) is 0 Å². The first-order valence-corrected chi connectivity index (χ1v) is 8.94. The second kappa shape index (κ2) is 7.34. The zero-order chi connectivity index (χ0) is 17.1. The lowest BCUT2D eigenvalue weighted by molar-refractivity contribution is 0.150. The number of urea groups is 1. The molecular formula is C17H27N5O2. The zero-order valence-corrected chi connectivity index (χ0v) is 14.6. The lowest BCUT2D eigenvalue weighted by Gasteiger charge is -2.34. The first kappa shape index (κ1) is 17.0. The molecule has 2 aliphatic heterocycles. The minimum Gasteiger partial charge on any atom is -0.336 e. The highest BCUT2D eigenvalue weighted by Crippen LogP contribution is 2.18. The van der Waals surface area contributed by atoms with Crippen LogP contribution in [-0.4, -0.2) is 51.5 Å². The quantitative estimate of drug-likeness (QED) is 0.872. The Hall–Kier alpha value is -1.89. The van der Waals surface area contributed by atoms with Gasteiger partial charge in [-0.1, -0.05) is 13.3 Å². The van der Waals surface area contributed by atoms with E-state index in [1.54, 1.807) is 11.8 Å². The molecule has 0 radical (unpaired) electrons. The third-order valence-electron chi connectivity index (χ3n) is 5.06. The van der Waals surface area contributed by atoms with Gasteiger partial charge < -0.3 is 15.2 Å². The number of aromatic amines is 1. The van der Waals surface area contributed by atoms with Crippen molar-refractivity contribution in [1.29, 1.82) is 0 Å². The maximum atomic E-state index is 12.5. The number of carbonyl (C=O) groups excluding carboxylic acids is 1. The van der Waals surface area contributed by atoms with Crippen LogP contribution in [0.4, 0.5) is 4.79 Å². The first-order chi connectivity index (χ1) is 11.6. The van der Waals surface area contributed by atoms with Crippen LogP contribution >= 0.6 is 0 Å². The number of aryl methyl sites for hydroxylation is 1. The fraction of sp³-hybridized carbons (Fsp3) is 0.706. The van der Waals surface area contributed by atoms with Gasteiger partial charge in [0, 0.05) is 12.6 Å². The SMILES string of the molecule is CC[C@H](CNC(=O)N1Cc2nc(C)[nH]c(=O)c2C1)N1CCCCC1. The summed E-state index contributed by atoms with van der Waals surface area (Å²) in [6.45, 7) is 7.59. The monoisotopic (exact) mass is 333 g/mol. The molecule has 3 rings (SSSR count). The summed E-state index contributed by atoms with van der Waals surface area (Å²) >= 11 is 0. The second-order valence-electron chi connectivity index (χ2n) is 6.78. The van der Waals surface area contributed by atoms with Crippen LogP contribution in [0.15, 0.2) is 4.79 Å². The number of H-pyrrole nitrogens is 1. The third-order valence-corrected chi connectivity index (χ3v) is 5.06. The van der Waals surface area contributed by atoms with Gasteiger partial charge in [-0.2, -0.15) is 0 Å². The molecule has 1 fully saturated rings. The molecule has 0 unspecified atom stereocenters. The normalized spacial score (nSPS) is 19.2. The van der Waals surface area contributed by atoms with E-state index in [0.717, 1.165) is 25.2 Å². The Labute approximate surface area is 142 Å². The number of hydrogen-bond acceptors (Lipinski definition) is 4. The van der Waals surface area contributed by atoms with Crippen LogP contribution in [0, 0.1) is 6.92 Å². The molecule has 1 atom stereocenters. The van der Waals surface area contributed by atoms with E-state index in [0.29, 0.717) is 37.1 Å². The van der Waals surface area contributed by atoms with E-state index in [2.05, 4.69) is 27.1 Å². The molecule has 132 valence electrons. The topological polar surface area (TPSA) is 81.3 Å². The Kier molecular flexibility index (Phi) is 5.18. The predicted molar refractivity (Wildman–Crippen MR) is 91.7 cm³/mol. The zero-order valence-electron chi connectivity index (χ0n) is 14.6. The number of nitrogens with zero attached hydrogens (tertiary/aromatic N) is 3. The van der Waals surface area contributed by atoms with E-state index < -0.39 is 0 Å². The average molecular weight is 333 g/mol. The lowest BCUT2D eigenvalue weighted by Crippen LogP contribution is -2.48. The maximum Gasteiger partial charge on any atom is 0.318 e. The molecule has 2 N–H and O–H groups in total. The summed E-state index contributed by atoms with van der Waals surface area (Å²) in [6, 6.07) is 0.281. The number of rotatable bonds is 4. The van der Waals surface area contributed by atoms with Crippen molar-refractivity contribution >= 4 is 6.03 Å². The number of aromatic nitrogens is 2. The number of carbonyl (C=O) groups is 1. The van der Waals surface area contributed by atoms with E-state index in [4.69, 9.17) is 0 Å². The number of likely N-dealkylation sites (tertiary alicyclic amines) is 1. The average Bonchev–Trinajstić information content (AvgIpc) is 3.00. The predicted octanol–water partition coefficient (Wildman–Crippen LogP) is 1.37. The molecule has 0 aliphatic carbocycles. The number of hydrogen-bond donors (Lipinski definition) is 2. The molecule has 2 amide bonds. The van der Waals surface area contributed by atoms with E-state index in [-0.39, 0.29) is 11.6 Å². The van der Waals surface area contributed by atoms with Crippen LogP contribution in [0.25, 0.3) is 0 Å². The van der Waals surface area contributed by atoms with E-state index in [9.17, 15) is 9.59 Å². The highest BCUT2D eigenvalue weighted by atomic mass is 16.2. The van der Waals surface area contributed by atoms with Gasteiger partial charge in [0.2, 0.25) is 0 Å². The minimum absolute atomic E-state index is 0.111. The maximum absolute atomic E-state index is 12.5. The molecule has 1 saturated heterocycles. The van der Waals surface area contributed by atoms with Gasteiger partial charge in [-0.15, -0.1) is 0 Å². The van der Waals surface area contributed by atoms with Crippen molar-refractivity contribution in [3.63, 3.8) is 0 Å². The molecule has 0 spiro atoms. The van der Waals surface area contributed by atoms with Gasteiger partial charge in [0.15, 0.2) is 0 Å². The number of nitrogens with one attached hydrogen (secondary N) is 2. The van der Waals surface area contributed by atoms with Crippen LogP contribution < -0.4 is 10.9 Å². The van der Waals surface area contributed by atoms with E-state index in [1.807, 2.05) is 0 Å². The van der Waals surface area contributed by atoms with Crippen LogP contribution in [0.1, 0.15) is 49.7 Å². The summed E-state index contributed by atoms with van der Waals surface area (Å²) in [6.07, 6.45) is 4.84. The van der Waals surface area contributed by atoms with Crippen molar-refractivity contribution in [2.24, 2.45) is 0 Å². The molecule has 3 heterocycles. The van der Waals surface area contributed by atoms with Crippen LogP contribution in [0.5, 0.6) is 0 Å². The van der Waals surface area contributed by atoms with Gasteiger partial charge in [0.05, 0.1) is 24.3 Å². The summed E-state index contributed by atoms with van der Waals surface area (Å²) in [4.78, 5) is 35.6. The van der Waals surface area contributed by atoms with Crippen molar-refractivity contribution in [2.45, 2.75) is 58.7 Å². The van der Waals surface area contributed by atoms with Crippen molar-refractivity contribution < 1.29 is 4.79 Å². The Morgan fingerprint density at radius 3 is 2.75 bits per heavy atom. The first-order valence-electron chi connectivity index (χ1n) is 8.94. The number of piperidine rings is 1. The van der Waals surface area contributed by atoms with Crippen molar-refractivity contribution in [3.8, 4) is 0 Å². The van der Waals surface area contributed by atoms with E-state index >= 15 is 0 Å². The molecule has 7 heteroatoms. The summed E-state index contributed by atoms with van der Waals surface area (Å²) in [5.74, 6) is 0.595. The van der Waals surface area contributed by atoms with Gasteiger partial charge in [-0.25, -0.2) is 9.78 Å². The largest absolute Gasteiger partial charge is 0.336 e. The Morgan fingerprint density at radius 1 is 1.29 bits per heavy atom. The highest BCUT2D eigenvalue weighted by Gasteiger charge is 2.28. The third kappa shape index (κ3) is 3.61. The number of fused-ring (bicyclic) bond motifs is 1. The van der Waals surface area contributed by atoms with Gasteiger partial charge >= 0.3 is 6.03 Å². The van der Waals surface area contributed by atoms with Gasteiger partial charge in [-0.05, 0) is 39.3 Å². The van der Waals surface area contributed by atoms with Crippen LogP contribution in [-0.2, 0) is 13.1 Å². The van der Waals surface area contributed by atoms with Crippen molar-refractivity contribution in [3.05, 3.63) is 27.4 Å². The summed E-state index contributed by atoms with van der Waals surface area (Å²) in [5, 5.41) is 3.05. The molecule has 0 saturated carbocycles. The van der Waals surface area contributed by atoms with Gasteiger partial charge in [-0.3, -0.25) is 9.69 Å². The van der Waals surface area contributed by atoms with Crippen molar-refractivity contribution in [1.82, 2.24) is 25.1 Å². The Bertz CT molecular complexity index is 651. The lowest BCUT2D eigenvalue weighted by atomic mass is 10.1. The molecule has 1 aromatic heterocycles. The Morgan fingerprint density at radius 2 is 2.04 bits per heavy atom. The van der Waals surface area contributed by atoms with Crippen molar-refractivity contribution in [2.75, 3.05) is 19.6 Å². The summed E-state index contributed by atoms with van der Waals surface area (Å²) in [7, 11) is 0. The van der Waals surface area contributed by atoms with Gasteiger partial charge in [0.1, 0.15) is 5.82 Å².